The summed E-state index contributed by atoms with van der Waals surface area (Å²) in [4.78, 5) is 40.7. The van der Waals surface area contributed by atoms with Crippen molar-refractivity contribution in [1.29, 1.82) is 0 Å². The number of aromatic nitrogens is 3. The van der Waals surface area contributed by atoms with Crippen molar-refractivity contribution < 1.29 is 24.0 Å². The van der Waals surface area contributed by atoms with Crippen LogP contribution in [0.15, 0.2) is 89.7 Å². The first-order valence-corrected chi connectivity index (χ1v) is 22.2. The van der Waals surface area contributed by atoms with Crippen LogP contribution in [0.5, 0.6) is 0 Å². The normalized spacial score (nSPS) is 14.3. The number of hydrogen-bond acceptors (Lipinski definition) is 8. The maximum Gasteiger partial charge on any atom is 0.338 e. The van der Waals surface area contributed by atoms with E-state index in [1.54, 1.807) is 24.3 Å². The Bertz CT molecular complexity index is 2080. The van der Waals surface area contributed by atoms with Crippen LogP contribution in [-0.2, 0) is 17.1 Å². The molecule has 0 saturated carbocycles. The lowest BCUT2D eigenvalue weighted by Crippen LogP contribution is -2.25. The number of carbonyl (C=O) groups excluding carboxylic acids is 2. The summed E-state index contributed by atoms with van der Waals surface area (Å²) < 4.78 is 3.93. The fourth-order valence-electron chi connectivity index (χ4n) is 6.67. The van der Waals surface area contributed by atoms with E-state index in [4.69, 9.17) is 74.3 Å². The van der Waals surface area contributed by atoms with Gasteiger partial charge in [0.25, 0.3) is 0 Å². The van der Waals surface area contributed by atoms with Crippen molar-refractivity contribution in [3.05, 3.63) is 113 Å². The molecule has 5 rings (SSSR count). The highest BCUT2D eigenvalue weighted by atomic mass is 35.6. The molecule has 0 fully saturated rings. The zero-order valence-corrected chi connectivity index (χ0v) is 37.8. The van der Waals surface area contributed by atoms with Gasteiger partial charge in [0.2, 0.25) is 13.4 Å². The smallest absolute Gasteiger partial charge is 0.338 e. The number of benzene rings is 2. The molecule has 0 bridgehead atoms. The number of allylic oxidation sites excluding steroid dienone is 7. The molecule has 314 valence electrons. The highest BCUT2D eigenvalue weighted by Gasteiger charge is 2.37. The van der Waals surface area contributed by atoms with Crippen LogP contribution in [0.2, 0.25) is 0 Å². The predicted octanol–water partition coefficient (Wildman–Crippen LogP) is 11.8. The summed E-state index contributed by atoms with van der Waals surface area (Å²) in [5.74, 6) is -0.880. The number of aliphatic hydroxyl groups excluding tert-OH is 1. The third-order valence-corrected chi connectivity index (χ3v) is 11.0. The summed E-state index contributed by atoms with van der Waals surface area (Å²) >= 11 is 35.9. The first kappa shape index (κ1) is 46.6. The van der Waals surface area contributed by atoms with Gasteiger partial charge < -0.3 is 14.7 Å². The Hall–Kier alpha value is -3.44. The number of aliphatic hydroxyl groups is 1. The van der Waals surface area contributed by atoms with Crippen LogP contribution in [0.1, 0.15) is 99.7 Å². The minimum Gasteiger partial charge on any atom is -0.506 e. The van der Waals surface area contributed by atoms with E-state index in [-0.39, 0.29) is 35.6 Å². The van der Waals surface area contributed by atoms with E-state index in [1.807, 2.05) is 36.4 Å². The molecule has 3 aromatic rings. The monoisotopic (exact) mass is 920 g/mol. The number of anilines is 1. The van der Waals surface area contributed by atoms with E-state index >= 15 is 0 Å². The van der Waals surface area contributed by atoms with Gasteiger partial charge in [0.05, 0.1) is 23.3 Å². The quantitative estimate of drug-likeness (QED) is 0.0442. The van der Waals surface area contributed by atoms with Crippen LogP contribution in [-0.4, -0.2) is 74.9 Å². The fourth-order valence-corrected chi connectivity index (χ4v) is 7.18. The Morgan fingerprint density at radius 2 is 1.27 bits per heavy atom. The molecule has 2 aliphatic carbocycles. The van der Waals surface area contributed by atoms with Crippen molar-refractivity contribution in [3.63, 3.8) is 0 Å². The average Bonchev–Trinajstić information content (AvgIpc) is 3.22. The largest absolute Gasteiger partial charge is 0.506 e. The van der Waals surface area contributed by atoms with Crippen molar-refractivity contribution in [2.45, 2.75) is 79.7 Å². The van der Waals surface area contributed by atoms with Gasteiger partial charge in [-0.1, -0.05) is 127 Å². The van der Waals surface area contributed by atoms with Crippen molar-refractivity contribution in [2.24, 2.45) is 0 Å². The number of unbranched alkanes of at least 4 members (excludes halogenated alkanes) is 5. The number of ketones is 1. The molecule has 0 aliphatic heterocycles. The highest BCUT2D eigenvalue weighted by Crippen LogP contribution is 2.41. The van der Waals surface area contributed by atoms with E-state index in [9.17, 15) is 14.7 Å². The standard InChI is InChI=1S/C44H47Cl6N5O4/c1-4-7-25-55(26-8-5-2)34-23-19-30(20-24-34)36-37(56)35(38(36)57)29-17-21-33(22-18-29)54(6-3)27-11-9-10-12-28-59-40(58)32-15-13-31(14-16-32)39-51-41(43(45,46)47)53-42(52-39)44(48,49)50/h13-24H,4-12,25-28H2,1-3H3/p+1. The Morgan fingerprint density at radius 1 is 0.712 bits per heavy atom. The molecule has 1 heterocycles. The first-order chi connectivity index (χ1) is 28.2. The van der Waals surface area contributed by atoms with Crippen LogP contribution in [0.4, 0.5) is 5.69 Å². The van der Waals surface area contributed by atoms with E-state index in [1.165, 1.54) is 0 Å². The number of Topliss-reactive ketones (excluding diaryl/α,β-unsaturated/α-hetero) is 1. The molecule has 9 nitrogen and oxygen atoms in total. The lowest BCUT2D eigenvalue weighted by molar-refractivity contribution is -0.527. The van der Waals surface area contributed by atoms with E-state index in [0.717, 1.165) is 94.5 Å². The third kappa shape index (κ3) is 12.3. The second kappa shape index (κ2) is 21.4. The van der Waals surface area contributed by atoms with Crippen molar-refractivity contribution in [1.82, 2.24) is 15.0 Å². The molecule has 59 heavy (non-hydrogen) atoms. The third-order valence-electron chi connectivity index (χ3n) is 9.99. The first-order valence-electron chi connectivity index (χ1n) is 19.9. The van der Waals surface area contributed by atoms with Gasteiger partial charge in [0, 0.05) is 49.3 Å². The fraction of sp³-hybridized carbons (Fsp3) is 0.409. The van der Waals surface area contributed by atoms with E-state index in [2.05, 4.69) is 57.4 Å². The molecule has 0 radical (unpaired) electrons. The zero-order valence-electron chi connectivity index (χ0n) is 33.3. The Morgan fingerprint density at radius 3 is 1.80 bits per heavy atom. The number of hydrogen-bond donors (Lipinski definition) is 1. The van der Waals surface area contributed by atoms with Crippen molar-refractivity contribution in [3.8, 4) is 11.4 Å². The Kier molecular flexibility index (Phi) is 16.9. The minimum atomic E-state index is -1.98. The summed E-state index contributed by atoms with van der Waals surface area (Å²) in [6.45, 7) is 10.5. The molecule has 0 atom stereocenters. The Balaban J connectivity index is 1.07. The summed E-state index contributed by atoms with van der Waals surface area (Å²) in [6.07, 6.45) is 16.1. The number of esters is 1. The lowest BCUT2D eigenvalue weighted by Gasteiger charge is -2.26. The van der Waals surface area contributed by atoms with Gasteiger partial charge in [-0.25, -0.2) is 24.3 Å². The summed E-state index contributed by atoms with van der Waals surface area (Å²) in [5.41, 5.74) is 5.19. The molecule has 1 N–H and O–H groups in total. The number of nitrogens with zero attached hydrogens (tertiary/aromatic N) is 5. The van der Waals surface area contributed by atoms with Gasteiger partial charge in [-0.2, -0.15) is 0 Å². The SMILES string of the molecule is CCCC[N+](CCCC)=C1C=CC(=C2C(=O)C(c3ccc(N(CC)CCCCCCOC(=O)c4ccc(-c5nc(C(Cl)(Cl)Cl)nc(C(Cl)(Cl)Cl)n5)cc4)cc3)=C2O)C=C1. The minimum absolute atomic E-state index is 0.0482. The maximum atomic E-state index is 13.3. The number of halogens is 6. The topological polar surface area (TPSA) is 109 Å². The molecule has 0 saturated heterocycles. The average molecular weight is 924 g/mol. The van der Waals surface area contributed by atoms with Gasteiger partial charge in [-0.05, 0) is 73.7 Å². The summed E-state index contributed by atoms with van der Waals surface area (Å²) in [6, 6.07) is 14.2. The van der Waals surface area contributed by atoms with Gasteiger partial charge in [0.1, 0.15) is 18.8 Å². The van der Waals surface area contributed by atoms with Gasteiger partial charge in [-0.15, -0.1) is 0 Å². The lowest BCUT2D eigenvalue weighted by atomic mass is 9.80. The van der Waals surface area contributed by atoms with Gasteiger partial charge in [-0.3, -0.25) is 4.79 Å². The summed E-state index contributed by atoms with van der Waals surface area (Å²) in [7, 11) is 0. The number of alkyl halides is 6. The molecule has 0 unspecified atom stereocenters. The van der Waals surface area contributed by atoms with Crippen molar-refractivity contribution >= 4 is 98.3 Å². The molecule has 1 aromatic heterocycles. The second-order valence-electron chi connectivity index (χ2n) is 14.2. The highest BCUT2D eigenvalue weighted by molar-refractivity contribution is 6.67. The number of carbonyl (C=O) groups is 2. The molecule has 0 amide bonds. The zero-order chi connectivity index (χ0) is 42.7. The number of ether oxygens (including phenoxy) is 1. The second-order valence-corrected chi connectivity index (χ2v) is 18.8. The van der Waals surface area contributed by atoms with Gasteiger partial charge in [0.15, 0.2) is 23.2 Å². The molecule has 2 aliphatic rings. The summed E-state index contributed by atoms with van der Waals surface area (Å²) in [5, 5.41) is 11.0. The van der Waals surface area contributed by atoms with Crippen LogP contribution in [0.25, 0.3) is 17.0 Å². The molecule has 15 heteroatoms. The van der Waals surface area contributed by atoms with Crippen LogP contribution < -0.4 is 4.90 Å². The van der Waals surface area contributed by atoms with Crippen LogP contribution >= 0.6 is 69.6 Å². The number of rotatable bonds is 18. The Labute approximate surface area is 376 Å². The van der Waals surface area contributed by atoms with Crippen molar-refractivity contribution in [2.75, 3.05) is 37.7 Å². The molecular weight excluding hydrogens is 875 g/mol. The maximum absolute atomic E-state index is 13.3. The van der Waals surface area contributed by atoms with Gasteiger partial charge >= 0.3 is 5.97 Å². The van der Waals surface area contributed by atoms with Crippen LogP contribution in [0.3, 0.4) is 0 Å². The van der Waals surface area contributed by atoms with Crippen LogP contribution in [0, 0.1) is 0 Å². The van der Waals surface area contributed by atoms with E-state index < -0.39 is 13.6 Å². The predicted molar refractivity (Wildman–Crippen MR) is 241 cm³/mol. The molecule has 2 aromatic carbocycles. The van der Waals surface area contributed by atoms with E-state index in [0.29, 0.717) is 27.8 Å². The molecule has 0 spiro atoms. The molecular formula is C44H48Cl6N5O4+.